The Morgan fingerprint density at radius 2 is 0.631 bits per heavy atom. The lowest BCUT2D eigenvalue weighted by atomic mass is 10.0. The van der Waals surface area contributed by atoms with Gasteiger partial charge in [-0.2, -0.15) is 0 Å². The van der Waals surface area contributed by atoms with Crippen molar-refractivity contribution in [3.05, 3.63) is 109 Å². The third-order valence-electron chi connectivity index (χ3n) is 10.8. The van der Waals surface area contributed by atoms with Gasteiger partial charge in [-0.1, -0.05) is 220 Å². The second-order valence-electron chi connectivity index (χ2n) is 17.1. The highest BCUT2D eigenvalue weighted by molar-refractivity contribution is 5.71. The second-order valence-corrected chi connectivity index (χ2v) is 17.1. The molecule has 6 nitrogen and oxygen atoms in total. The molecule has 0 aromatic rings. The number of esters is 3. The average molecular weight is 901 g/mol. The molecule has 0 amide bonds. The zero-order valence-corrected chi connectivity index (χ0v) is 42.0. The van der Waals surface area contributed by atoms with Crippen LogP contribution in [0.4, 0.5) is 0 Å². The van der Waals surface area contributed by atoms with Crippen LogP contribution in [0.5, 0.6) is 0 Å². The van der Waals surface area contributed by atoms with E-state index in [9.17, 15) is 14.4 Å². The zero-order valence-electron chi connectivity index (χ0n) is 42.0. The first-order chi connectivity index (χ1) is 32.0. The van der Waals surface area contributed by atoms with Gasteiger partial charge in [-0.05, 0) is 96.3 Å². The molecule has 0 aliphatic rings. The third-order valence-corrected chi connectivity index (χ3v) is 10.8. The molecule has 0 saturated heterocycles. The van der Waals surface area contributed by atoms with Crippen molar-refractivity contribution in [3.8, 4) is 0 Å². The molecule has 1 atom stereocenters. The fourth-order valence-corrected chi connectivity index (χ4v) is 6.83. The standard InChI is InChI=1S/C59H96O6/c1-4-7-10-13-16-19-22-25-27-28-29-30-32-35-38-41-44-47-50-53-59(62)65-56(54-63-57(60)51-48-45-42-39-36-33-24-21-18-15-12-9-6-3)55-64-58(61)52-49-46-43-40-37-34-31-26-23-20-17-14-11-8-5-2/h8,11,16-17,19-20,25-27,29-31,35,37-38,40,44,47,56H,4-7,9-10,12-15,18,21-24,28,32-34,36,39,41-43,45-46,48-55H2,1-3H3/b11-8-,19-16-,20-17-,27-25-,30-29-,31-26-,38-35-,40-37-,47-44-/t56-/m0/s1. The quantitative estimate of drug-likeness (QED) is 0.0262. The predicted octanol–water partition coefficient (Wildman–Crippen LogP) is 17.5. The zero-order chi connectivity index (χ0) is 47.2. The summed E-state index contributed by atoms with van der Waals surface area (Å²) in [6.07, 6.45) is 70.8. The summed E-state index contributed by atoms with van der Waals surface area (Å²) >= 11 is 0. The number of carbonyl (C=O) groups excluding carboxylic acids is 3. The number of hydrogen-bond donors (Lipinski definition) is 0. The first-order valence-electron chi connectivity index (χ1n) is 26.4. The van der Waals surface area contributed by atoms with Gasteiger partial charge in [0.1, 0.15) is 13.2 Å². The fourth-order valence-electron chi connectivity index (χ4n) is 6.83. The molecule has 0 fully saturated rings. The number of unbranched alkanes of at least 4 members (excludes halogenated alkanes) is 17. The first-order valence-corrected chi connectivity index (χ1v) is 26.4. The van der Waals surface area contributed by atoms with E-state index in [1.165, 1.54) is 89.9 Å². The van der Waals surface area contributed by atoms with E-state index in [0.717, 1.165) is 83.5 Å². The van der Waals surface area contributed by atoms with Crippen LogP contribution in [-0.4, -0.2) is 37.2 Å². The minimum Gasteiger partial charge on any atom is -0.462 e. The van der Waals surface area contributed by atoms with E-state index < -0.39 is 12.1 Å². The van der Waals surface area contributed by atoms with Crippen LogP contribution in [0.15, 0.2) is 109 Å². The lowest BCUT2D eigenvalue weighted by Gasteiger charge is -2.18. The van der Waals surface area contributed by atoms with Crippen LogP contribution < -0.4 is 0 Å². The summed E-state index contributed by atoms with van der Waals surface area (Å²) in [5, 5.41) is 0. The van der Waals surface area contributed by atoms with Crippen molar-refractivity contribution >= 4 is 17.9 Å². The number of allylic oxidation sites excluding steroid dienone is 18. The van der Waals surface area contributed by atoms with Crippen LogP contribution >= 0.6 is 0 Å². The SMILES string of the molecule is CC/C=C\C/C=C\C/C=C\C/C=C\CCCCC(=O)OC[C@H](COC(=O)CCCCCCCCCCCCCCC)OC(=O)CC/C=C\C/C=C\C/C=C\C/C=C\C/C=C\CCCCC. The molecule has 0 radical (unpaired) electrons. The van der Waals surface area contributed by atoms with Crippen molar-refractivity contribution < 1.29 is 28.6 Å². The van der Waals surface area contributed by atoms with Crippen LogP contribution in [0.25, 0.3) is 0 Å². The van der Waals surface area contributed by atoms with Gasteiger partial charge in [-0.3, -0.25) is 14.4 Å². The number of ether oxygens (including phenoxy) is 3. The topological polar surface area (TPSA) is 78.9 Å². The molecule has 0 N–H and O–H groups in total. The van der Waals surface area contributed by atoms with E-state index in [1.54, 1.807) is 0 Å². The Hall–Kier alpha value is -3.93. The summed E-state index contributed by atoms with van der Waals surface area (Å²) in [5.74, 6) is -1.05. The summed E-state index contributed by atoms with van der Waals surface area (Å²) in [5.41, 5.74) is 0. The molecule has 0 bridgehead atoms. The molecule has 0 aromatic carbocycles. The van der Waals surface area contributed by atoms with Crippen LogP contribution in [0.2, 0.25) is 0 Å². The van der Waals surface area contributed by atoms with Crippen molar-refractivity contribution in [2.45, 2.75) is 232 Å². The predicted molar refractivity (Wildman–Crippen MR) is 279 cm³/mol. The van der Waals surface area contributed by atoms with Crippen molar-refractivity contribution in [1.82, 2.24) is 0 Å². The molecule has 0 rings (SSSR count). The smallest absolute Gasteiger partial charge is 0.306 e. The highest BCUT2D eigenvalue weighted by Gasteiger charge is 2.19. The van der Waals surface area contributed by atoms with E-state index >= 15 is 0 Å². The molecule has 368 valence electrons. The maximum Gasteiger partial charge on any atom is 0.306 e. The monoisotopic (exact) mass is 901 g/mol. The van der Waals surface area contributed by atoms with Crippen molar-refractivity contribution in [2.24, 2.45) is 0 Å². The average Bonchev–Trinajstić information content (AvgIpc) is 3.30. The fraction of sp³-hybridized carbons (Fsp3) is 0.644. The van der Waals surface area contributed by atoms with Crippen LogP contribution in [0.3, 0.4) is 0 Å². The number of hydrogen-bond acceptors (Lipinski definition) is 6. The molecule has 0 saturated carbocycles. The van der Waals surface area contributed by atoms with Gasteiger partial charge in [0, 0.05) is 19.3 Å². The summed E-state index contributed by atoms with van der Waals surface area (Å²) in [7, 11) is 0. The van der Waals surface area contributed by atoms with E-state index in [1.807, 2.05) is 12.2 Å². The van der Waals surface area contributed by atoms with Gasteiger partial charge < -0.3 is 14.2 Å². The largest absolute Gasteiger partial charge is 0.462 e. The Balaban J connectivity index is 4.58. The molecule has 6 heteroatoms. The molecule has 0 aromatic heterocycles. The van der Waals surface area contributed by atoms with E-state index in [4.69, 9.17) is 14.2 Å². The molecular formula is C59H96O6. The first kappa shape index (κ1) is 61.1. The Bertz CT molecular complexity index is 1360. The minimum atomic E-state index is -0.834. The normalized spacial score (nSPS) is 13.0. The maximum absolute atomic E-state index is 12.8. The second kappa shape index (κ2) is 52.7. The molecule has 0 aliphatic heterocycles. The van der Waals surface area contributed by atoms with Gasteiger partial charge >= 0.3 is 17.9 Å². The van der Waals surface area contributed by atoms with Crippen molar-refractivity contribution in [1.29, 1.82) is 0 Å². The van der Waals surface area contributed by atoms with Gasteiger partial charge in [0.05, 0.1) is 0 Å². The molecule has 0 heterocycles. The van der Waals surface area contributed by atoms with E-state index in [0.29, 0.717) is 19.3 Å². The Morgan fingerprint density at radius 1 is 0.323 bits per heavy atom. The third kappa shape index (κ3) is 50.9. The van der Waals surface area contributed by atoms with Crippen LogP contribution in [0.1, 0.15) is 226 Å². The van der Waals surface area contributed by atoms with Crippen molar-refractivity contribution in [3.63, 3.8) is 0 Å². The van der Waals surface area contributed by atoms with Crippen LogP contribution in [-0.2, 0) is 28.6 Å². The number of rotatable bonds is 46. The highest BCUT2D eigenvalue weighted by atomic mass is 16.6. The Morgan fingerprint density at radius 3 is 1.03 bits per heavy atom. The van der Waals surface area contributed by atoms with Crippen molar-refractivity contribution in [2.75, 3.05) is 13.2 Å². The Labute approximate surface area is 400 Å². The molecule has 65 heavy (non-hydrogen) atoms. The van der Waals surface area contributed by atoms with Gasteiger partial charge in [-0.25, -0.2) is 0 Å². The Kier molecular flexibility index (Phi) is 49.5. The summed E-state index contributed by atoms with van der Waals surface area (Å²) < 4.78 is 16.7. The highest BCUT2D eigenvalue weighted by Crippen LogP contribution is 2.14. The van der Waals surface area contributed by atoms with Gasteiger partial charge in [0.2, 0.25) is 0 Å². The van der Waals surface area contributed by atoms with Gasteiger partial charge in [0.15, 0.2) is 6.10 Å². The summed E-state index contributed by atoms with van der Waals surface area (Å²) in [6, 6.07) is 0. The lowest BCUT2D eigenvalue weighted by molar-refractivity contribution is -0.166. The molecule has 0 aliphatic carbocycles. The van der Waals surface area contributed by atoms with Gasteiger partial charge in [0.25, 0.3) is 0 Å². The summed E-state index contributed by atoms with van der Waals surface area (Å²) in [4.78, 5) is 38.0. The summed E-state index contributed by atoms with van der Waals surface area (Å²) in [6.45, 7) is 6.39. The molecular weight excluding hydrogens is 805 g/mol. The lowest BCUT2D eigenvalue weighted by Crippen LogP contribution is -2.30. The number of carbonyl (C=O) groups is 3. The maximum atomic E-state index is 12.8. The van der Waals surface area contributed by atoms with Gasteiger partial charge in [-0.15, -0.1) is 0 Å². The van der Waals surface area contributed by atoms with Crippen LogP contribution in [0, 0.1) is 0 Å². The minimum absolute atomic E-state index is 0.121. The van der Waals surface area contributed by atoms with E-state index in [2.05, 4.69) is 118 Å². The van der Waals surface area contributed by atoms with E-state index in [-0.39, 0.29) is 38.0 Å². The molecule has 0 unspecified atom stereocenters. The molecule has 0 spiro atoms.